The van der Waals surface area contributed by atoms with Gasteiger partial charge in [-0.3, -0.25) is 0 Å². The summed E-state index contributed by atoms with van der Waals surface area (Å²) >= 11 is 0. The number of hydrogen-bond donors (Lipinski definition) is 1. The minimum Gasteiger partial charge on any atom is -0.496 e. The Morgan fingerprint density at radius 1 is 1.14 bits per heavy atom. The van der Waals surface area contributed by atoms with E-state index in [2.05, 4.69) is 0 Å². The largest absolute Gasteiger partial charge is 0.496 e. The predicted octanol–water partition coefficient (Wildman–Crippen LogP) is 3.65. The van der Waals surface area contributed by atoms with Crippen molar-refractivity contribution in [2.45, 2.75) is 19.3 Å². The van der Waals surface area contributed by atoms with Crippen LogP contribution in [-0.2, 0) is 0 Å². The number of rotatable bonds is 7. The van der Waals surface area contributed by atoms with Gasteiger partial charge >= 0.3 is 0 Å². The zero-order chi connectivity index (χ0) is 15.9. The number of aryl methyl sites for hydroxylation is 1. The lowest BCUT2D eigenvalue weighted by atomic mass is 9.95. The van der Waals surface area contributed by atoms with Crippen LogP contribution in [0.15, 0.2) is 42.5 Å². The number of para-hydroxylation sites is 1. The molecule has 0 fully saturated rings. The number of nitrogens with two attached hydrogens (primary N) is 1. The lowest BCUT2D eigenvalue weighted by molar-refractivity contribution is 0.294. The SMILES string of the molecule is COc1ccc(F)cc1C(CN)CCOc1ccccc1C. The van der Waals surface area contributed by atoms with E-state index in [4.69, 9.17) is 15.2 Å². The molecule has 0 aromatic heterocycles. The van der Waals surface area contributed by atoms with E-state index in [9.17, 15) is 4.39 Å². The molecule has 4 heteroatoms. The highest BCUT2D eigenvalue weighted by atomic mass is 19.1. The maximum absolute atomic E-state index is 13.5. The average molecular weight is 303 g/mol. The van der Waals surface area contributed by atoms with E-state index < -0.39 is 0 Å². The topological polar surface area (TPSA) is 44.5 Å². The van der Waals surface area contributed by atoms with Crippen molar-refractivity contribution in [1.82, 2.24) is 0 Å². The maximum atomic E-state index is 13.5. The second-order valence-electron chi connectivity index (χ2n) is 5.22. The second kappa shape index (κ2) is 7.80. The van der Waals surface area contributed by atoms with Crippen LogP contribution in [0.1, 0.15) is 23.5 Å². The fourth-order valence-corrected chi connectivity index (χ4v) is 2.45. The van der Waals surface area contributed by atoms with E-state index in [1.54, 1.807) is 13.2 Å². The van der Waals surface area contributed by atoms with Crippen LogP contribution < -0.4 is 15.2 Å². The van der Waals surface area contributed by atoms with Gasteiger partial charge < -0.3 is 15.2 Å². The molecule has 2 aromatic carbocycles. The Hall–Kier alpha value is -2.07. The number of ether oxygens (including phenoxy) is 2. The number of hydrogen-bond acceptors (Lipinski definition) is 3. The summed E-state index contributed by atoms with van der Waals surface area (Å²) in [6.45, 7) is 2.94. The van der Waals surface area contributed by atoms with Crippen molar-refractivity contribution < 1.29 is 13.9 Å². The van der Waals surface area contributed by atoms with Crippen molar-refractivity contribution in [3.8, 4) is 11.5 Å². The quantitative estimate of drug-likeness (QED) is 0.849. The molecule has 1 atom stereocenters. The first kappa shape index (κ1) is 16.3. The Bertz CT molecular complexity index is 616. The third-order valence-corrected chi connectivity index (χ3v) is 3.73. The summed E-state index contributed by atoms with van der Waals surface area (Å²) in [6, 6.07) is 12.4. The summed E-state index contributed by atoms with van der Waals surface area (Å²) < 4.78 is 24.6. The zero-order valence-corrected chi connectivity index (χ0v) is 13.0. The van der Waals surface area contributed by atoms with Crippen molar-refractivity contribution in [2.24, 2.45) is 5.73 Å². The Morgan fingerprint density at radius 3 is 2.59 bits per heavy atom. The summed E-state index contributed by atoms with van der Waals surface area (Å²) in [5.74, 6) is 1.24. The molecular weight excluding hydrogens is 281 g/mol. The number of benzene rings is 2. The normalized spacial score (nSPS) is 12.0. The van der Waals surface area contributed by atoms with Crippen molar-refractivity contribution in [3.63, 3.8) is 0 Å². The highest BCUT2D eigenvalue weighted by Crippen LogP contribution is 2.29. The van der Waals surface area contributed by atoms with E-state index in [0.29, 0.717) is 25.3 Å². The van der Waals surface area contributed by atoms with E-state index in [1.807, 2.05) is 31.2 Å². The Balaban J connectivity index is 2.04. The van der Waals surface area contributed by atoms with Gasteiger partial charge in [0.1, 0.15) is 17.3 Å². The molecule has 22 heavy (non-hydrogen) atoms. The van der Waals surface area contributed by atoms with Crippen LogP contribution in [0.3, 0.4) is 0 Å². The van der Waals surface area contributed by atoms with Gasteiger partial charge in [0, 0.05) is 11.5 Å². The summed E-state index contributed by atoms with van der Waals surface area (Å²) in [4.78, 5) is 0. The minimum atomic E-state index is -0.283. The summed E-state index contributed by atoms with van der Waals surface area (Å²) in [7, 11) is 1.58. The fourth-order valence-electron chi connectivity index (χ4n) is 2.45. The Kier molecular flexibility index (Phi) is 5.78. The molecule has 118 valence electrons. The van der Waals surface area contributed by atoms with Crippen molar-refractivity contribution in [3.05, 3.63) is 59.4 Å². The lowest BCUT2D eigenvalue weighted by Crippen LogP contribution is -2.16. The van der Waals surface area contributed by atoms with Gasteiger partial charge in [-0.25, -0.2) is 4.39 Å². The van der Waals surface area contributed by atoms with Crippen LogP contribution in [0, 0.1) is 12.7 Å². The molecular formula is C18H22FNO2. The van der Waals surface area contributed by atoms with Crippen LogP contribution in [0.5, 0.6) is 11.5 Å². The average Bonchev–Trinajstić information content (AvgIpc) is 2.53. The molecule has 0 heterocycles. The molecule has 0 saturated heterocycles. The summed E-state index contributed by atoms with van der Waals surface area (Å²) in [6.07, 6.45) is 0.699. The van der Waals surface area contributed by atoms with Crippen LogP contribution >= 0.6 is 0 Å². The third kappa shape index (κ3) is 3.98. The van der Waals surface area contributed by atoms with Gasteiger partial charge in [-0.15, -0.1) is 0 Å². The van der Waals surface area contributed by atoms with Crippen molar-refractivity contribution >= 4 is 0 Å². The zero-order valence-electron chi connectivity index (χ0n) is 13.0. The van der Waals surface area contributed by atoms with Gasteiger partial charge in [0.2, 0.25) is 0 Å². The molecule has 2 N–H and O–H groups in total. The molecule has 3 nitrogen and oxygen atoms in total. The molecule has 0 radical (unpaired) electrons. The van der Waals surface area contributed by atoms with E-state index in [0.717, 1.165) is 16.9 Å². The monoisotopic (exact) mass is 303 g/mol. The second-order valence-corrected chi connectivity index (χ2v) is 5.22. The van der Waals surface area contributed by atoms with E-state index >= 15 is 0 Å². The number of halogens is 1. The van der Waals surface area contributed by atoms with Crippen LogP contribution in [-0.4, -0.2) is 20.3 Å². The van der Waals surface area contributed by atoms with E-state index in [-0.39, 0.29) is 11.7 Å². The molecule has 2 rings (SSSR count). The molecule has 0 amide bonds. The van der Waals surface area contributed by atoms with Gasteiger partial charge in [-0.05, 0) is 49.7 Å². The molecule has 0 spiro atoms. The van der Waals surface area contributed by atoms with Gasteiger partial charge in [-0.1, -0.05) is 18.2 Å². The Labute approximate surface area is 130 Å². The standard InChI is InChI=1S/C18H22FNO2/c1-13-5-3-4-6-17(13)22-10-9-14(12-20)16-11-15(19)7-8-18(16)21-2/h3-8,11,14H,9-10,12,20H2,1-2H3. The molecule has 0 aliphatic rings. The predicted molar refractivity (Wildman–Crippen MR) is 86.0 cm³/mol. The maximum Gasteiger partial charge on any atom is 0.123 e. The first-order valence-corrected chi connectivity index (χ1v) is 7.37. The van der Waals surface area contributed by atoms with Crippen LogP contribution in [0.2, 0.25) is 0 Å². The number of methoxy groups -OCH3 is 1. The molecule has 0 aliphatic carbocycles. The van der Waals surface area contributed by atoms with Crippen LogP contribution in [0.4, 0.5) is 4.39 Å². The van der Waals surface area contributed by atoms with Crippen LogP contribution in [0.25, 0.3) is 0 Å². The van der Waals surface area contributed by atoms with Gasteiger partial charge in [0.05, 0.1) is 13.7 Å². The van der Waals surface area contributed by atoms with Gasteiger partial charge in [0.15, 0.2) is 0 Å². The van der Waals surface area contributed by atoms with Crippen molar-refractivity contribution in [2.75, 3.05) is 20.3 Å². The molecule has 0 bridgehead atoms. The minimum absolute atomic E-state index is 0.00494. The smallest absolute Gasteiger partial charge is 0.123 e. The lowest BCUT2D eigenvalue weighted by Gasteiger charge is -2.19. The third-order valence-electron chi connectivity index (χ3n) is 3.73. The Morgan fingerprint density at radius 2 is 1.91 bits per heavy atom. The molecule has 0 aliphatic heterocycles. The molecule has 2 aromatic rings. The van der Waals surface area contributed by atoms with Crippen molar-refractivity contribution in [1.29, 1.82) is 0 Å². The summed E-state index contributed by atoms with van der Waals surface area (Å²) in [5, 5.41) is 0. The molecule has 1 unspecified atom stereocenters. The summed E-state index contributed by atoms with van der Waals surface area (Å²) in [5.41, 5.74) is 7.74. The first-order valence-electron chi connectivity index (χ1n) is 7.37. The highest BCUT2D eigenvalue weighted by molar-refractivity contribution is 5.37. The van der Waals surface area contributed by atoms with E-state index in [1.165, 1.54) is 12.1 Å². The van der Waals surface area contributed by atoms with Gasteiger partial charge in [-0.2, -0.15) is 0 Å². The first-order chi connectivity index (χ1) is 10.7. The fraction of sp³-hybridized carbons (Fsp3) is 0.333. The van der Waals surface area contributed by atoms with Gasteiger partial charge in [0.25, 0.3) is 0 Å². The highest BCUT2D eigenvalue weighted by Gasteiger charge is 2.16. The molecule has 0 saturated carbocycles.